The van der Waals surface area contributed by atoms with Crippen molar-refractivity contribution < 1.29 is 0 Å². The van der Waals surface area contributed by atoms with Crippen LogP contribution in [0.4, 0.5) is 5.82 Å². The van der Waals surface area contributed by atoms with Gasteiger partial charge in [-0.1, -0.05) is 0 Å². The van der Waals surface area contributed by atoms with Gasteiger partial charge in [0.15, 0.2) is 0 Å². The highest BCUT2D eigenvalue weighted by molar-refractivity contribution is 5.93. The van der Waals surface area contributed by atoms with Gasteiger partial charge >= 0.3 is 0 Å². The highest BCUT2D eigenvalue weighted by Gasteiger charge is 2.38. The lowest BCUT2D eigenvalue weighted by Gasteiger charge is -2.40. The number of aromatic nitrogens is 3. The fourth-order valence-electron chi connectivity index (χ4n) is 5.60. The third kappa shape index (κ3) is 3.54. The molecule has 6 heterocycles. The Bertz CT molecular complexity index is 1200. The van der Waals surface area contributed by atoms with E-state index in [1.54, 1.807) is 4.68 Å². The van der Waals surface area contributed by atoms with Gasteiger partial charge in [-0.3, -0.25) is 9.69 Å². The maximum Gasteiger partial charge on any atom is 0.128 e. The molecule has 1 spiro atoms. The van der Waals surface area contributed by atoms with Crippen molar-refractivity contribution in [3.05, 3.63) is 65.4 Å². The molecule has 0 saturated carbocycles. The summed E-state index contributed by atoms with van der Waals surface area (Å²) in [5.74, 6) is 1.04. The summed E-state index contributed by atoms with van der Waals surface area (Å²) in [6, 6.07) is 6.65. The third-order valence-electron chi connectivity index (χ3n) is 7.33. The Morgan fingerprint density at radius 1 is 1.18 bits per heavy atom. The number of hydrogen-bond donors (Lipinski definition) is 2. The van der Waals surface area contributed by atoms with E-state index in [2.05, 4.69) is 45.0 Å². The molecule has 1 unspecified atom stereocenters. The van der Waals surface area contributed by atoms with Crippen molar-refractivity contribution in [3.8, 4) is 6.07 Å². The zero-order valence-electron chi connectivity index (χ0n) is 18.9. The van der Waals surface area contributed by atoms with Crippen LogP contribution in [0.3, 0.4) is 0 Å². The van der Waals surface area contributed by atoms with Crippen LogP contribution < -0.4 is 15.6 Å². The Morgan fingerprint density at radius 3 is 2.85 bits per heavy atom. The summed E-state index contributed by atoms with van der Waals surface area (Å²) in [6.45, 7) is 4.90. The first-order valence-electron chi connectivity index (χ1n) is 11.7. The molecule has 0 amide bonds. The van der Waals surface area contributed by atoms with Crippen molar-refractivity contribution in [2.75, 3.05) is 37.6 Å². The second kappa shape index (κ2) is 7.87. The second-order valence-corrected chi connectivity index (χ2v) is 9.55. The smallest absolute Gasteiger partial charge is 0.128 e. The summed E-state index contributed by atoms with van der Waals surface area (Å²) in [5, 5.41) is 19.5. The zero-order valence-corrected chi connectivity index (χ0v) is 18.9. The molecule has 6 rings (SSSR count). The molecule has 8 nitrogen and oxygen atoms in total. The van der Waals surface area contributed by atoms with Crippen LogP contribution in [-0.2, 0) is 7.05 Å². The summed E-state index contributed by atoms with van der Waals surface area (Å²) in [6.07, 6.45) is 13.8. The number of nitrogens with one attached hydrogen (secondary N) is 2. The lowest BCUT2D eigenvalue weighted by Crippen LogP contribution is -2.44. The Balaban J connectivity index is 1.33. The highest BCUT2D eigenvalue weighted by Crippen LogP contribution is 2.39. The van der Waals surface area contributed by atoms with Crippen molar-refractivity contribution in [2.24, 2.45) is 12.5 Å². The van der Waals surface area contributed by atoms with Gasteiger partial charge in [0.1, 0.15) is 5.82 Å². The molecular weight excluding hydrogens is 412 g/mol. The predicted octanol–water partition coefficient (Wildman–Crippen LogP) is 2.43. The van der Waals surface area contributed by atoms with E-state index in [0.717, 1.165) is 65.5 Å². The molecule has 2 aromatic rings. The Kier molecular flexibility index (Phi) is 4.82. The minimum atomic E-state index is 0.399. The van der Waals surface area contributed by atoms with E-state index in [9.17, 15) is 5.26 Å². The molecule has 1 atom stereocenters. The number of nitriles is 1. The van der Waals surface area contributed by atoms with Gasteiger partial charge in [-0.05, 0) is 44.0 Å². The molecule has 2 N–H and O–H groups in total. The lowest BCUT2D eigenvalue weighted by atomic mass is 9.79. The molecule has 0 aliphatic carbocycles. The maximum absolute atomic E-state index is 9.71. The number of fused-ring (bicyclic) bond motifs is 1. The van der Waals surface area contributed by atoms with Gasteiger partial charge in [0, 0.05) is 73.0 Å². The Morgan fingerprint density at radius 2 is 2.12 bits per heavy atom. The number of hydrazine groups is 1. The number of rotatable bonds is 3. The Labute approximate surface area is 193 Å². The van der Waals surface area contributed by atoms with Crippen LogP contribution in [0, 0.1) is 16.7 Å². The van der Waals surface area contributed by atoms with Crippen LogP contribution >= 0.6 is 0 Å². The van der Waals surface area contributed by atoms with Gasteiger partial charge in [-0.2, -0.15) is 10.4 Å². The standard InChI is InChI=1S/C25H28N8/c1-31-14-21(13-29-31)19-9-22(24-20(10-26)12-30-33(24)15-19)18-3-4-23(28-11-18)32-8-2-5-25(17-32)6-7-27-16-25/h3-4,9,11,13-15,27,30H,2,5-8,12,16-17H2,1H3. The average Bonchev–Trinajstić information content (AvgIpc) is 3.59. The van der Waals surface area contributed by atoms with Crippen molar-refractivity contribution in [3.63, 3.8) is 0 Å². The fourth-order valence-corrected chi connectivity index (χ4v) is 5.60. The summed E-state index contributed by atoms with van der Waals surface area (Å²) >= 11 is 0. The summed E-state index contributed by atoms with van der Waals surface area (Å²) < 4.78 is 1.80. The van der Waals surface area contributed by atoms with E-state index in [-0.39, 0.29) is 0 Å². The molecule has 4 aliphatic rings. The van der Waals surface area contributed by atoms with Crippen molar-refractivity contribution in [2.45, 2.75) is 19.3 Å². The van der Waals surface area contributed by atoms with Crippen LogP contribution in [0.5, 0.6) is 0 Å². The first kappa shape index (κ1) is 20.2. The largest absolute Gasteiger partial charge is 0.356 e. The minimum absolute atomic E-state index is 0.399. The molecule has 2 aromatic heterocycles. The molecule has 168 valence electrons. The van der Waals surface area contributed by atoms with Crippen LogP contribution in [0.25, 0.3) is 11.1 Å². The van der Waals surface area contributed by atoms with Gasteiger partial charge < -0.3 is 10.2 Å². The average molecular weight is 441 g/mol. The molecular formula is C25H28N8. The summed E-state index contributed by atoms with van der Waals surface area (Å²) in [5.41, 5.74) is 9.46. The van der Waals surface area contributed by atoms with Crippen molar-refractivity contribution in [1.29, 1.82) is 5.26 Å². The van der Waals surface area contributed by atoms with Crippen LogP contribution in [0.15, 0.2) is 54.3 Å². The summed E-state index contributed by atoms with van der Waals surface area (Å²) in [4.78, 5) is 7.33. The molecule has 0 radical (unpaired) electrons. The monoisotopic (exact) mass is 440 g/mol. The fraction of sp³-hybridized carbons (Fsp3) is 0.400. The number of pyridine rings is 1. The SMILES string of the molecule is Cn1cc(C2=CN3NCC(C#N)=C3C(c3ccc(N4CCCC5(CCNC5)C4)nc3)=C2)cn1. The molecule has 2 fully saturated rings. The number of nitrogens with zero attached hydrogens (tertiary/aromatic N) is 6. The number of allylic oxidation sites excluding steroid dienone is 3. The second-order valence-electron chi connectivity index (χ2n) is 9.55. The molecule has 0 aromatic carbocycles. The van der Waals surface area contributed by atoms with Gasteiger partial charge in [-0.25, -0.2) is 10.4 Å². The minimum Gasteiger partial charge on any atom is -0.356 e. The zero-order chi connectivity index (χ0) is 22.4. The normalized spacial score (nSPS) is 24.7. The Hall–Kier alpha value is -3.41. The van der Waals surface area contributed by atoms with E-state index in [1.165, 1.54) is 19.3 Å². The number of piperidine rings is 1. The van der Waals surface area contributed by atoms with Gasteiger partial charge in [0.25, 0.3) is 0 Å². The van der Waals surface area contributed by atoms with Crippen LogP contribution in [-0.4, -0.2) is 52.5 Å². The van der Waals surface area contributed by atoms with E-state index in [0.29, 0.717) is 12.0 Å². The van der Waals surface area contributed by atoms with Crippen molar-refractivity contribution in [1.82, 2.24) is 30.5 Å². The van der Waals surface area contributed by atoms with E-state index >= 15 is 0 Å². The number of aryl methyl sites for hydroxylation is 1. The summed E-state index contributed by atoms with van der Waals surface area (Å²) in [7, 11) is 1.92. The number of hydrogen-bond acceptors (Lipinski definition) is 7. The van der Waals surface area contributed by atoms with Crippen LogP contribution in [0.2, 0.25) is 0 Å². The molecule has 8 heteroatoms. The van der Waals surface area contributed by atoms with E-state index in [4.69, 9.17) is 4.98 Å². The highest BCUT2D eigenvalue weighted by atomic mass is 15.5. The molecule has 0 bridgehead atoms. The first-order chi connectivity index (χ1) is 16.1. The van der Waals surface area contributed by atoms with Gasteiger partial charge in [0.05, 0.1) is 30.1 Å². The van der Waals surface area contributed by atoms with Gasteiger partial charge in [-0.15, -0.1) is 0 Å². The first-order valence-corrected chi connectivity index (χ1v) is 11.7. The maximum atomic E-state index is 9.71. The third-order valence-corrected chi connectivity index (χ3v) is 7.33. The molecule has 4 aliphatic heterocycles. The molecule has 2 saturated heterocycles. The number of anilines is 1. The topological polar surface area (TPSA) is 85.0 Å². The van der Waals surface area contributed by atoms with E-state index < -0.39 is 0 Å². The van der Waals surface area contributed by atoms with E-state index in [1.807, 2.05) is 36.8 Å². The lowest BCUT2D eigenvalue weighted by molar-refractivity contribution is 0.260. The predicted molar refractivity (Wildman–Crippen MR) is 127 cm³/mol. The van der Waals surface area contributed by atoms with Crippen LogP contribution in [0.1, 0.15) is 30.4 Å². The van der Waals surface area contributed by atoms with Crippen molar-refractivity contribution >= 4 is 17.0 Å². The quantitative estimate of drug-likeness (QED) is 0.758. The van der Waals surface area contributed by atoms with Gasteiger partial charge in [0.2, 0.25) is 0 Å². The molecule has 33 heavy (non-hydrogen) atoms.